The molecule has 1 fully saturated rings. The second kappa shape index (κ2) is 15.1. The number of hydrogen-bond donors (Lipinski definition) is 3. The summed E-state index contributed by atoms with van der Waals surface area (Å²) in [6, 6.07) is 28.1. The number of fused-ring (bicyclic) bond motifs is 1. The number of nitro groups is 1. The van der Waals surface area contributed by atoms with Crippen LogP contribution in [0.15, 0.2) is 108 Å². The summed E-state index contributed by atoms with van der Waals surface area (Å²) in [6.07, 6.45) is 1.73. The molecule has 0 unspecified atom stereocenters. The van der Waals surface area contributed by atoms with Crippen LogP contribution in [0.5, 0.6) is 11.5 Å². The molecule has 0 aromatic heterocycles. The summed E-state index contributed by atoms with van der Waals surface area (Å²) in [6.45, 7) is 3.22. The van der Waals surface area contributed by atoms with Gasteiger partial charge in [-0.15, -0.1) is 0 Å². The van der Waals surface area contributed by atoms with E-state index < -0.39 is 47.2 Å². The van der Waals surface area contributed by atoms with Gasteiger partial charge in [0.1, 0.15) is 18.1 Å². The lowest BCUT2D eigenvalue weighted by Gasteiger charge is -2.36. The van der Waals surface area contributed by atoms with E-state index in [0.717, 1.165) is 32.7 Å². The van der Waals surface area contributed by atoms with Gasteiger partial charge in [-0.1, -0.05) is 60.7 Å². The molecule has 2 aliphatic rings. The lowest BCUT2D eigenvalue weighted by Crippen LogP contribution is -2.40. The molecule has 10 heteroatoms. The maximum absolute atomic E-state index is 14.1. The summed E-state index contributed by atoms with van der Waals surface area (Å²) in [5, 5.41) is 44.7. The first-order valence-corrected chi connectivity index (χ1v) is 16.9. The van der Waals surface area contributed by atoms with Gasteiger partial charge in [-0.3, -0.25) is 19.7 Å². The highest BCUT2D eigenvalue weighted by molar-refractivity contribution is 6.22. The number of imide groups is 1. The number of carbonyl (C=O) groups excluding carboxylic acids is 2. The number of anilines is 1. The van der Waals surface area contributed by atoms with Crippen molar-refractivity contribution in [1.29, 1.82) is 0 Å². The number of aliphatic hydroxyl groups is 2. The van der Waals surface area contributed by atoms with Crippen LogP contribution in [0.25, 0.3) is 11.6 Å². The minimum Gasteiger partial charge on any atom is -0.507 e. The number of amides is 2. The first kappa shape index (κ1) is 35.3. The SMILES string of the molecule is Cc1cc(/C=C(/CC[C@@H](O)C2=C(COc3ccccc3)C[C@H]3C(=O)N(c4cccc([N+](=O)[O-])c4)C(=O)[C@H]3[C@H]2CO)c2ccccc2)cc(C)c1O. The van der Waals surface area contributed by atoms with Gasteiger partial charge in [0.05, 0.1) is 35.2 Å². The van der Waals surface area contributed by atoms with Crippen LogP contribution < -0.4 is 9.64 Å². The number of aromatic hydroxyl groups is 1. The Labute approximate surface area is 296 Å². The molecule has 4 aromatic rings. The molecular formula is C41H40N2O8. The number of nitrogens with zero attached hydrogens (tertiary/aromatic N) is 2. The third-order valence-electron chi connectivity index (χ3n) is 9.88. The molecule has 6 rings (SSSR count). The maximum Gasteiger partial charge on any atom is 0.271 e. The third-order valence-corrected chi connectivity index (χ3v) is 9.88. The predicted octanol–water partition coefficient (Wildman–Crippen LogP) is 6.79. The molecule has 1 aliphatic carbocycles. The van der Waals surface area contributed by atoms with Crippen molar-refractivity contribution in [3.63, 3.8) is 0 Å². The summed E-state index contributed by atoms with van der Waals surface area (Å²) in [5.41, 5.74) is 5.24. The molecule has 3 N–H and O–H groups in total. The zero-order valence-electron chi connectivity index (χ0n) is 28.4. The van der Waals surface area contributed by atoms with Crippen molar-refractivity contribution in [2.24, 2.45) is 17.8 Å². The normalized spacial score (nSPS) is 19.6. The average Bonchev–Trinajstić information content (AvgIpc) is 3.39. The van der Waals surface area contributed by atoms with Crippen molar-refractivity contribution in [1.82, 2.24) is 0 Å². The van der Waals surface area contributed by atoms with E-state index in [4.69, 9.17) is 4.74 Å². The number of para-hydroxylation sites is 1. The van der Waals surface area contributed by atoms with E-state index in [1.54, 1.807) is 12.1 Å². The van der Waals surface area contributed by atoms with Gasteiger partial charge >= 0.3 is 0 Å². The molecule has 0 spiro atoms. The fraction of sp³-hybridized carbons (Fsp3) is 0.268. The zero-order chi connectivity index (χ0) is 36.2. The second-order valence-electron chi connectivity index (χ2n) is 13.2. The van der Waals surface area contributed by atoms with Crippen molar-refractivity contribution in [3.8, 4) is 11.5 Å². The summed E-state index contributed by atoms with van der Waals surface area (Å²) in [4.78, 5) is 39.8. The zero-order valence-corrected chi connectivity index (χ0v) is 28.4. The van der Waals surface area contributed by atoms with Crippen molar-refractivity contribution in [3.05, 3.63) is 141 Å². The van der Waals surface area contributed by atoms with E-state index in [-0.39, 0.29) is 36.6 Å². The molecule has 0 bridgehead atoms. The van der Waals surface area contributed by atoms with Crippen LogP contribution in [0.4, 0.5) is 11.4 Å². The molecule has 4 atom stereocenters. The minimum atomic E-state index is -1.09. The molecule has 1 aliphatic heterocycles. The van der Waals surface area contributed by atoms with Crippen LogP contribution in [-0.2, 0) is 9.59 Å². The molecule has 1 saturated heterocycles. The number of phenols is 1. The van der Waals surface area contributed by atoms with Crippen molar-refractivity contribution in [2.75, 3.05) is 18.1 Å². The monoisotopic (exact) mass is 688 g/mol. The number of carbonyl (C=O) groups is 2. The fourth-order valence-corrected chi connectivity index (χ4v) is 7.45. The molecule has 0 saturated carbocycles. The van der Waals surface area contributed by atoms with Crippen LogP contribution >= 0.6 is 0 Å². The van der Waals surface area contributed by atoms with Crippen LogP contribution in [0.3, 0.4) is 0 Å². The number of hydrogen-bond acceptors (Lipinski definition) is 8. The standard InChI is InChI=1S/C41H40N2O8/c1-25-18-27(19-26(2)39(25)46)20-29(28-10-5-3-6-11-28)16-17-36(45)37-30(24-51-33-14-7-4-8-15-33)21-34-38(35(37)23-44)41(48)42(40(34)47)31-12-9-13-32(22-31)43(49)50/h3-15,18-20,22,34-36,38,44-46H,16-17,21,23-24H2,1-2H3/b29-20-/t34-,35+,36-,38-/m1/s1. The Bertz CT molecular complexity index is 1980. The fourth-order valence-electron chi connectivity index (χ4n) is 7.45. The van der Waals surface area contributed by atoms with Gasteiger partial charge in [0.25, 0.3) is 5.69 Å². The lowest BCUT2D eigenvalue weighted by molar-refractivity contribution is -0.384. The summed E-state index contributed by atoms with van der Waals surface area (Å²) < 4.78 is 6.12. The molecule has 2 amide bonds. The lowest BCUT2D eigenvalue weighted by atomic mass is 9.68. The Morgan fingerprint density at radius 3 is 2.27 bits per heavy atom. The van der Waals surface area contributed by atoms with E-state index in [1.165, 1.54) is 24.3 Å². The molecule has 1 heterocycles. The molecule has 4 aromatic carbocycles. The van der Waals surface area contributed by atoms with Gasteiger partial charge in [-0.25, -0.2) is 4.90 Å². The Balaban J connectivity index is 1.35. The number of phenolic OH excluding ortho intramolecular Hbond substituents is 1. The summed E-state index contributed by atoms with van der Waals surface area (Å²) in [7, 11) is 0. The van der Waals surface area contributed by atoms with Gasteiger partial charge in [0.15, 0.2) is 0 Å². The van der Waals surface area contributed by atoms with Crippen molar-refractivity contribution in [2.45, 2.75) is 39.2 Å². The van der Waals surface area contributed by atoms with Gasteiger partial charge in [-0.05, 0) is 102 Å². The Morgan fingerprint density at radius 2 is 1.63 bits per heavy atom. The molecule has 262 valence electrons. The van der Waals surface area contributed by atoms with Crippen molar-refractivity contribution >= 4 is 34.8 Å². The predicted molar refractivity (Wildman–Crippen MR) is 194 cm³/mol. The number of ether oxygens (including phenoxy) is 1. The topological polar surface area (TPSA) is 150 Å². The number of rotatable bonds is 12. The number of non-ortho nitro benzene ring substituents is 1. The summed E-state index contributed by atoms with van der Waals surface area (Å²) in [5.74, 6) is -2.96. The molecule has 51 heavy (non-hydrogen) atoms. The molecule has 0 radical (unpaired) electrons. The third kappa shape index (κ3) is 7.33. The number of aryl methyl sites for hydroxylation is 2. The van der Waals surface area contributed by atoms with Crippen LogP contribution in [0, 0.1) is 41.7 Å². The largest absolute Gasteiger partial charge is 0.507 e. The van der Waals surface area contributed by atoms with Gasteiger partial charge < -0.3 is 20.1 Å². The highest BCUT2D eigenvalue weighted by Gasteiger charge is 2.55. The summed E-state index contributed by atoms with van der Waals surface area (Å²) >= 11 is 0. The maximum atomic E-state index is 14.1. The second-order valence-corrected chi connectivity index (χ2v) is 13.2. The first-order valence-electron chi connectivity index (χ1n) is 16.9. The quantitative estimate of drug-likeness (QED) is 0.0484. The Kier molecular flexibility index (Phi) is 10.5. The van der Waals surface area contributed by atoms with E-state index in [1.807, 2.05) is 80.6 Å². The van der Waals surface area contributed by atoms with Crippen LogP contribution in [0.1, 0.15) is 41.5 Å². The van der Waals surface area contributed by atoms with Crippen molar-refractivity contribution < 1.29 is 34.6 Å². The minimum absolute atomic E-state index is 0.0296. The van der Waals surface area contributed by atoms with Crippen LogP contribution in [-0.4, -0.2) is 51.4 Å². The van der Waals surface area contributed by atoms with Crippen LogP contribution in [0.2, 0.25) is 0 Å². The van der Waals surface area contributed by atoms with E-state index >= 15 is 0 Å². The van der Waals surface area contributed by atoms with Gasteiger partial charge in [-0.2, -0.15) is 0 Å². The number of allylic oxidation sites excluding steroid dienone is 1. The molecule has 10 nitrogen and oxygen atoms in total. The number of benzene rings is 4. The highest BCUT2D eigenvalue weighted by Crippen LogP contribution is 2.48. The molecular weight excluding hydrogens is 648 g/mol. The highest BCUT2D eigenvalue weighted by atomic mass is 16.6. The Hall–Kier alpha value is -5.58. The Morgan fingerprint density at radius 1 is 0.961 bits per heavy atom. The first-order chi connectivity index (χ1) is 24.6. The smallest absolute Gasteiger partial charge is 0.271 e. The van der Waals surface area contributed by atoms with E-state index in [2.05, 4.69) is 0 Å². The van der Waals surface area contributed by atoms with E-state index in [9.17, 15) is 35.0 Å². The number of nitro benzene ring substituents is 1. The number of aliphatic hydroxyl groups excluding tert-OH is 2. The van der Waals surface area contributed by atoms with E-state index in [0.29, 0.717) is 23.3 Å². The average molecular weight is 689 g/mol. The van der Waals surface area contributed by atoms with Gasteiger partial charge in [0.2, 0.25) is 11.8 Å². The van der Waals surface area contributed by atoms with Gasteiger partial charge in [0, 0.05) is 18.1 Å².